The smallest absolute Gasteiger partial charge is 0.0120 e. The lowest BCUT2D eigenvalue weighted by Crippen LogP contribution is -2.18. The molecule has 3 aromatic rings. The minimum atomic E-state index is 0.0484. The molecule has 0 saturated heterocycles. The van der Waals surface area contributed by atoms with Crippen molar-refractivity contribution < 1.29 is 0 Å². The summed E-state index contributed by atoms with van der Waals surface area (Å²) in [6.45, 7) is 13.8. The Labute approximate surface area is 158 Å². The first-order chi connectivity index (χ1) is 12.2. The molecular weight excluding hydrogens is 312 g/mol. The van der Waals surface area contributed by atoms with Crippen molar-refractivity contribution in [3.8, 4) is 22.3 Å². The van der Waals surface area contributed by atoms with Gasteiger partial charge in [-0.15, -0.1) is 0 Å². The maximum Gasteiger partial charge on any atom is -0.0120 e. The summed E-state index contributed by atoms with van der Waals surface area (Å²) in [5.41, 5.74) is 8.23. The van der Waals surface area contributed by atoms with Crippen LogP contribution in [0.4, 0.5) is 0 Å². The van der Waals surface area contributed by atoms with Gasteiger partial charge in [-0.2, -0.15) is 0 Å². The van der Waals surface area contributed by atoms with Crippen LogP contribution in [0.15, 0.2) is 72.8 Å². The molecule has 3 rings (SSSR count). The predicted octanol–water partition coefficient (Wildman–Crippen LogP) is 7.62. The van der Waals surface area contributed by atoms with Gasteiger partial charge in [0.1, 0.15) is 0 Å². The summed E-state index contributed by atoms with van der Waals surface area (Å²) in [5, 5.41) is 0. The average molecular weight is 343 g/mol. The van der Waals surface area contributed by atoms with Crippen LogP contribution in [0.25, 0.3) is 22.3 Å². The van der Waals surface area contributed by atoms with Crippen LogP contribution < -0.4 is 0 Å². The van der Waals surface area contributed by atoms with E-state index in [1.807, 2.05) is 0 Å². The van der Waals surface area contributed by atoms with Gasteiger partial charge in [-0.3, -0.25) is 0 Å². The highest BCUT2D eigenvalue weighted by Gasteiger charge is 2.26. The highest BCUT2D eigenvalue weighted by atomic mass is 14.3. The number of rotatable bonds is 2. The molecule has 0 N–H and O–H groups in total. The van der Waals surface area contributed by atoms with E-state index in [0.29, 0.717) is 0 Å². The van der Waals surface area contributed by atoms with Gasteiger partial charge in [-0.1, -0.05) is 114 Å². The summed E-state index contributed by atoms with van der Waals surface area (Å²) < 4.78 is 0. The highest BCUT2D eigenvalue weighted by Crippen LogP contribution is 2.43. The standard InChI is InChI=1S/C26H30/c1-25(2,3)21-17-22(19-13-9-7-10-14-19)24(26(4,5)6)23(18-21)20-15-11-8-12-16-20/h7-18H,1-6H3. The first-order valence-electron chi connectivity index (χ1n) is 9.48. The largest absolute Gasteiger partial charge is 0.0622 e. The molecule has 0 aliphatic rings. The fraction of sp³-hybridized carbons (Fsp3) is 0.308. The summed E-state index contributed by atoms with van der Waals surface area (Å²) in [6.07, 6.45) is 0. The van der Waals surface area contributed by atoms with Crippen molar-refractivity contribution in [1.82, 2.24) is 0 Å². The van der Waals surface area contributed by atoms with E-state index in [1.54, 1.807) is 0 Å². The minimum Gasteiger partial charge on any atom is -0.0622 e. The van der Waals surface area contributed by atoms with E-state index in [4.69, 9.17) is 0 Å². The van der Waals surface area contributed by atoms with Crippen molar-refractivity contribution in [2.75, 3.05) is 0 Å². The van der Waals surface area contributed by atoms with Gasteiger partial charge in [0, 0.05) is 0 Å². The van der Waals surface area contributed by atoms with E-state index < -0.39 is 0 Å². The van der Waals surface area contributed by atoms with E-state index in [1.165, 1.54) is 33.4 Å². The zero-order valence-electron chi connectivity index (χ0n) is 16.9. The van der Waals surface area contributed by atoms with Crippen molar-refractivity contribution in [2.24, 2.45) is 0 Å². The van der Waals surface area contributed by atoms with Crippen LogP contribution in [-0.2, 0) is 10.8 Å². The van der Waals surface area contributed by atoms with E-state index in [-0.39, 0.29) is 10.8 Å². The quantitative estimate of drug-likeness (QED) is 0.449. The summed E-state index contributed by atoms with van der Waals surface area (Å²) in [7, 11) is 0. The Kier molecular flexibility index (Phi) is 4.80. The molecule has 0 unspecified atom stereocenters. The lowest BCUT2D eigenvalue weighted by molar-refractivity contribution is 0.580. The third-order valence-electron chi connectivity index (χ3n) is 4.92. The summed E-state index contributed by atoms with van der Waals surface area (Å²) >= 11 is 0. The Bertz CT molecular complexity index is 812. The molecular formula is C26H30. The van der Waals surface area contributed by atoms with Gasteiger partial charge in [-0.25, -0.2) is 0 Å². The molecule has 0 radical (unpaired) electrons. The minimum absolute atomic E-state index is 0.0484. The molecule has 0 atom stereocenters. The van der Waals surface area contributed by atoms with Crippen molar-refractivity contribution in [2.45, 2.75) is 52.4 Å². The van der Waals surface area contributed by atoms with E-state index >= 15 is 0 Å². The molecule has 0 heteroatoms. The molecule has 26 heavy (non-hydrogen) atoms. The fourth-order valence-corrected chi connectivity index (χ4v) is 3.57. The lowest BCUT2D eigenvalue weighted by atomic mass is 9.74. The van der Waals surface area contributed by atoms with Crippen molar-refractivity contribution >= 4 is 0 Å². The predicted molar refractivity (Wildman–Crippen MR) is 115 cm³/mol. The van der Waals surface area contributed by atoms with Gasteiger partial charge in [0.05, 0.1) is 0 Å². The summed E-state index contributed by atoms with van der Waals surface area (Å²) in [5.74, 6) is 0. The Hall–Kier alpha value is -2.34. The zero-order valence-corrected chi connectivity index (χ0v) is 16.9. The van der Waals surface area contributed by atoms with Gasteiger partial charge >= 0.3 is 0 Å². The molecule has 0 fully saturated rings. The van der Waals surface area contributed by atoms with Gasteiger partial charge < -0.3 is 0 Å². The van der Waals surface area contributed by atoms with Crippen molar-refractivity contribution in [3.63, 3.8) is 0 Å². The Morgan fingerprint density at radius 3 is 1.19 bits per heavy atom. The lowest BCUT2D eigenvalue weighted by Gasteiger charge is -2.30. The Balaban J connectivity index is 2.42. The molecule has 0 bridgehead atoms. The van der Waals surface area contributed by atoms with Crippen molar-refractivity contribution in [1.29, 1.82) is 0 Å². The second-order valence-corrected chi connectivity index (χ2v) is 9.18. The molecule has 0 amide bonds. The Morgan fingerprint density at radius 1 is 0.500 bits per heavy atom. The molecule has 134 valence electrons. The summed E-state index contributed by atoms with van der Waals surface area (Å²) in [6, 6.07) is 26.4. The molecule has 0 spiro atoms. The fourth-order valence-electron chi connectivity index (χ4n) is 3.57. The van der Waals surface area contributed by atoms with Gasteiger partial charge in [0.25, 0.3) is 0 Å². The first kappa shape index (κ1) is 18.5. The first-order valence-corrected chi connectivity index (χ1v) is 9.48. The van der Waals surface area contributed by atoms with E-state index in [2.05, 4.69) is 114 Å². The third-order valence-corrected chi connectivity index (χ3v) is 4.92. The monoisotopic (exact) mass is 342 g/mol. The molecule has 0 nitrogen and oxygen atoms in total. The number of hydrogen-bond donors (Lipinski definition) is 0. The summed E-state index contributed by atoms with van der Waals surface area (Å²) in [4.78, 5) is 0. The normalized spacial score (nSPS) is 12.2. The molecule has 0 aliphatic heterocycles. The average Bonchev–Trinajstić information content (AvgIpc) is 2.60. The van der Waals surface area contributed by atoms with Gasteiger partial charge in [0.2, 0.25) is 0 Å². The third kappa shape index (κ3) is 3.75. The van der Waals surface area contributed by atoms with Crippen molar-refractivity contribution in [3.05, 3.63) is 83.9 Å². The van der Waals surface area contributed by atoms with Crippen LogP contribution in [0.5, 0.6) is 0 Å². The topological polar surface area (TPSA) is 0 Å². The van der Waals surface area contributed by atoms with E-state index in [0.717, 1.165) is 0 Å². The Morgan fingerprint density at radius 2 is 0.885 bits per heavy atom. The molecule has 0 aromatic heterocycles. The van der Waals surface area contributed by atoms with Gasteiger partial charge in [0.15, 0.2) is 0 Å². The van der Waals surface area contributed by atoms with Crippen LogP contribution in [0.3, 0.4) is 0 Å². The molecule has 0 heterocycles. The van der Waals surface area contributed by atoms with Crippen LogP contribution in [0.1, 0.15) is 52.7 Å². The highest BCUT2D eigenvalue weighted by molar-refractivity contribution is 5.81. The van der Waals surface area contributed by atoms with Crippen LogP contribution in [-0.4, -0.2) is 0 Å². The molecule has 3 aromatic carbocycles. The maximum atomic E-state index is 2.41. The second-order valence-electron chi connectivity index (χ2n) is 9.18. The second kappa shape index (κ2) is 6.76. The van der Waals surface area contributed by atoms with E-state index in [9.17, 15) is 0 Å². The SMILES string of the molecule is CC(C)(C)c1cc(-c2ccccc2)c(C(C)(C)C)c(-c2ccccc2)c1. The zero-order chi connectivity index (χ0) is 18.9. The van der Waals surface area contributed by atoms with Gasteiger partial charge in [-0.05, 0) is 44.2 Å². The maximum absolute atomic E-state index is 2.41. The van der Waals surface area contributed by atoms with Crippen LogP contribution >= 0.6 is 0 Å². The number of hydrogen-bond acceptors (Lipinski definition) is 0. The molecule has 0 aliphatic carbocycles. The molecule has 0 saturated carbocycles. The van der Waals surface area contributed by atoms with Crippen LogP contribution in [0.2, 0.25) is 0 Å². The van der Waals surface area contributed by atoms with Crippen LogP contribution in [0, 0.1) is 0 Å². The number of benzene rings is 3.